The molecule has 0 saturated heterocycles. The summed E-state index contributed by atoms with van der Waals surface area (Å²) in [5.74, 6) is 0.639. The number of aliphatic imine (C=N–C) groups is 1. The molecule has 16 nitrogen and oxygen atoms in total. The lowest BCUT2D eigenvalue weighted by molar-refractivity contribution is -0.188. The lowest BCUT2D eigenvalue weighted by atomic mass is 10.0. The fourth-order valence-corrected chi connectivity index (χ4v) is 5.92. The van der Waals surface area contributed by atoms with Gasteiger partial charge in [0.2, 0.25) is 18.2 Å². The number of ether oxygens (including phenoxy) is 3. The minimum atomic E-state index is -0.831. The Hall–Kier alpha value is -5.58. The number of hydrogen-bond acceptors (Lipinski definition) is 11. The maximum atomic E-state index is 13.2. The van der Waals surface area contributed by atoms with Gasteiger partial charge in [0.1, 0.15) is 23.7 Å². The predicted molar refractivity (Wildman–Crippen MR) is 211 cm³/mol. The Bertz CT molecular complexity index is 1860. The van der Waals surface area contributed by atoms with Crippen molar-refractivity contribution in [2.45, 2.75) is 64.7 Å². The summed E-state index contributed by atoms with van der Waals surface area (Å²) in [6, 6.07) is 13.9. The van der Waals surface area contributed by atoms with Crippen LogP contribution in [0.1, 0.15) is 64.3 Å². The van der Waals surface area contributed by atoms with E-state index in [0.29, 0.717) is 24.7 Å². The van der Waals surface area contributed by atoms with Crippen molar-refractivity contribution in [3.05, 3.63) is 72.6 Å². The van der Waals surface area contributed by atoms with Crippen LogP contribution < -0.4 is 16.0 Å². The van der Waals surface area contributed by atoms with Crippen molar-refractivity contribution in [2.24, 2.45) is 16.8 Å². The predicted octanol–water partition coefficient (Wildman–Crippen LogP) is 5.53. The van der Waals surface area contributed by atoms with Gasteiger partial charge in [-0.1, -0.05) is 76.2 Å². The van der Waals surface area contributed by atoms with Crippen molar-refractivity contribution in [1.82, 2.24) is 35.9 Å². The highest BCUT2D eigenvalue weighted by Gasteiger charge is 2.28. The number of alkyl carbamates (subject to hydrolysis) is 1. The summed E-state index contributed by atoms with van der Waals surface area (Å²) in [6.45, 7) is 8.63. The molecule has 0 aliphatic carbocycles. The van der Waals surface area contributed by atoms with Gasteiger partial charge < -0.3 is 45.0 Å². The average Bonchev–Trinajstić information content (AvgIpc) is 3.90. The molecular weight excluding hydrogens is 720 g/mol. The number of carbonyl (C=O) groups is 3. The highest BCUT2D eigenvalue weighted by Crippen LogP contribution is 2.29. The van der Waals surface area contributed by atoms with Gasteiger partial charge in [0.25, 0.3) is 0 Å². The van der Waals surface area contributed by atoms with Crippen LogP contribution in [0, 0.1) is 11.8 Å². The van der Waals surface area contributed by atoms with Gasteiger partial charge in [0, 0.05) is 40.3 Å². The number of imidazole rings is 2. The lowest BCUT2D eigenvalue weighted by Crippen LogP contribution is -2.49. The summed E-state index contributed by atoms with van der Waals surface area (Å²) in [7, 11) is 5.70. The zero-order chi connectivity index (χ0) is 40.6. The number of carbonyl (C=O) groups excluding carboxylic acids is 3. The van der Waals surface area contributed by atoms with Crippen LogP contribution in [-0.4, -0.2) is 98.0 Å². The number of benzene rings is 2. The van der Waals surface area contributed by atoms with Gasteiger partial charge in [0.05, 0.1) is 50.1 Å². The second-order valence-corrected chi connectivity index (χ2v) is 13.8. The van der Waals surface area contributed by atoms with Crippen molar-refractivity contribution in [2.75, 3.05) is 41.7 Å². The van der Waals surface area contributed by atoms with E-state index in [9.17, 15) is 14.4 Å². The van der Waals surface area contributed by atoms with Crippen LogP contribution in [0.2, 0.25) is 0 Å². The normalized spacial score (nSPS) is 13.7. The van der Waals surface area contributed by atoms with Gasteiger partial charge in [-0.15, -0.1) is 0 Å². The molecule has 4 aromatic rings. The summed E-state index contributed by atoms with van der Waals surface area (Å²) < 4.78 is 15.0. The number of hydrogen-bond donors (Lipinski definition) is 5. The molecule has 16 heteroatoms. The molecule has 4 atom stereocenters. The molecule has 0 spiro atoms. The molecule has 0 bridgehead atoms. The third kappa shape index (κ3) is 12.0. The highest BCUT2D eigenvalue weighted by molar-refractivity contribution is 5.86. The summed E-state index contributed by atoms with van der Waals surface area (Å²) in [5, 5.41) is 8.67. The van der Waals surface area contributed by atoms with E-state index in [0.717, 1.165) is 40.0 Å². The summed E-state index contributed by atoms with van der Waals surface area (Å²) >= 11 is 0. The third-order valence-electron chi connectivity index (χ3n) is 9.12. The molecule has 0 unspecified atom stereocenters. The molecule has 56 heavy (non-hydrogen) atoms. The van der Waals surface area contributed by atoms with E-state index < -0.39 is 24.2 Å². The maximum absolute atomic E-state index is 13.2. The van der Waals surface area contributed by atoms with E-state index in [1.165, 1.54) is 21.3 Å². The highest BCUT2D eigenvalue weighted by atomic mass is 17.2. The number of nitrogens with one attached hydrogen (secondary N) is 5. The zero-order valence-electron chi connectivity index (χ0n) is 33.3. The van der Waals surface area contributed by atoms with Gasteiger partial charge in [-0.3, -0.25) is 9.59 Å². The summed E-state index contributed by atoms with van der Waals surface area (Å²) in [6.07, 6.45) is 4.57. The third-order valence-corrected chi connectivity index (χ3v) is 9.12. The Kier molecular flexibility index (Phi) is 16.6. The zero-order valence-corrected chi connectivity index (χ0v) is 33.3. The molecule has 2 aromatic carbocycles. The number of methoxy groups -OCH3 is 3. The van der Waals surface area contributed by atoms with E-state index in [2.05, 4.69) is 45.8 Å². The molecule has 2 heterocycles. The van der Waals surface area contributed by atoms with E-state index >= 15 is 0 Å². The van der Waals surface area contributed by atoms with Gasteiger partial charge >= 0.3 is 6.09 Å². The van der Waals surface area contributed by atoms with Crippen molar-refractivity contribution in [1.29, 1.82) is 0 Å². The van der Waals surface area contributed by atoms with Gasteiger partial charge in [0.15, 0.2) is 0 Å². The van der Waals surface area contributed by atoms with Crippen LogP contribution >= 0.6 is 0 Å². The second kappa shape index (κ2) is 21.5. The molecule has 0 fully saturated rings. The van der Waals surface area contributed by atoms with Gasteiger partial charge in [-0.2, -0.15) is 4.89 Å². The van der Waals surface area contributed by atoms with Crippen molar-refractivity contribution in [3.8, 4) is 33.6 Å². The average molecular weight is 775 g/mol. The first-order valence-corrected chi connectivity index (χ1v) is 18.4. The maximum Gasteiger partial charge on any atom is 0.407 e. The summed E-state index contributed by atoms with van der Waals surface area (Å²) in [4.78, 5) is 67.7. The van der Waals surface area contributed by atoms with Crippen molar-refractivity contribution >= 4 is 24.3 Å². The van der Waals surface area contributed by atoms with Crippen LogP contribution in [-0.2, 0) is 33.6 Å². The molecule has 3 amide bonds. The SMILES string of the molecule is COCC[C@H](N=COOC)C(=O)N[C@@H](c1ncc(-c2ccc(-c3ccc(-c4cnc([C@H](NC(=O)[C@H](CCOC)NC(=O)OC)C(C)C)[nH]4)cc3)cc2)[nH]1)C(C)C. The number of nitrogens with zero attached hydrogens (tertiary/aromatic N) is 3. The first-order chi connectivity index (χ1) is 27.0. The largest absolute Gasteiger partial charge is 0.453 e. The molecule has 0 aliphatic rings. The Morgan fingerprint density at radius 1 is 0.679 bits per heavy atom. The van der Waals surface area contributed by atoms with E-state index in [1.54, 1.807) is 19.5 Å². The smallest absolute Gasteiger partial charge is 0.407 e. The molecule has 4 rings (SSSR count). The lowest BCUT2D eigenvalue weighted by Gasteiger charge is -2.24. The van der Waals surface area contributed by atoms with E-state index in [-0.39, 0.29) is 42.7 Å². The molecule has 0 saturated carbocycles. The first kappa shape index (κ1) is 43.2. The Morgan fingerprint density at radius 2 is 1.14 bits per heavy atom. The van der Waals surface area contributed by atoms with Crippen LogP contribution in [0.15, 0.2) is 65.9 Å². The quantitative estimate of drug-likeness (QED) is 0.0310. The van der Waals surface area contributed by atoms with Gasteiger partial charge in [-0.25, -0.2) is 19.8 Å². The van der Waals surface area contributed by atoms with Crippen molar-refractivity contribution < 1.29 is 38.4 Å². The Morgan fingerprint density at radius 3 is 1.59 bits per heavy atom. The van der Waals surface area contributed by atoms with Crippen LogP contribution in [0.5, 0.6) is 0 Å². The molecule has 0 aliphatic heterocycles. The number of rotatable bonds is 21. The number of aromatic nitrogens is 4. The fourth-order valence-electron chi connectivity index (χ4n) is 5.92. The van der Waals surface area contributed by atoms with Crippen molar-refractivity contribution in [3.63, 3.8) is 0 Å². The molecule has 0 radical (unpaired) electrons. The fraction of sp³-hybridized carbons (Fsp3) is 0.450. The Labute approximate surface area is 327 Å². The van der Waals surface area contributed by atoms with Gasteiger partial charge in [-0.05, 0) is 34.1 Å². The van der Waals surface area contributed by atoms with Crippen LogP contribution in [0.3, 0.4) is 0 Å². The monoisotopic (exact) mass is 774 g/mol. The topological polar surface area (TPSA) is 203 Å². The number of aromatic amines is 2. The minimum Gasteiger partial charge on any atom is -0.453 e. The molecule has 2 aromatic heterocycles. The summed E-state index contributed by atoms with van der Waals surface area (Å²) in [5.41, 5.74) is 5.56. The first-order valence-electron chi connectivity index (χ1n) is 18.4. The van der Waals surface area contributed by atoms with E-state index in [1.807, 2.05) is 76.2 Å². The molecular formula is C40H54N8O8. The second-order valence-electron chi connectivity index (χ2n) is 13.8. The molecule has 302 valence electrons. The minimum absolute atomic E-state index is 0.00169. The standard InChI is InChI=1S/C40H54N8O8/c1-24(2)34(47-38(49)30(17-19-52-5)43-23-56-55-8)36-41-21-32(44-36)28-13-9-26(10-14-28)27-11-15-29(16-12-27)33-22-42-37(45-33)35(25(3)4)48-39(50)31(18-20-53-6)46-40(51)54-7/h9-16,21-25,30-31,34-35H,17-20H2,1-8H3,(H,41,44)(H,42,45)(H,46,51)(H,47,49)(H,48,50)/t30-,31-,34+,35+/m0/s1. The number of H-pyrrole nitrogens is 2. The van der Waals surface area contributed by atoms with Crippen LogP contribution in [0.4, 0.5) is 4.79 Å². The van der Waals surface area contributed by atoms with Crippen LogP contribution in [0.25, 0.3) is 33.6 Å². The number of amides is 3. The molecule has 5 N–H and O–H groups in total. The Balaban J connectivity index is 1.43. The van der Waals surface area contributed by atoms with E-state index in [4.69, 9.17) is 19.1 Å².